The van der Waals surface area contributed by atoms with Gasteiger partial charge in [0.1, 0.15) is 23.9 Å². The van der Waals surface area contributed by atoms with Crippen molar-refractivity contribution in [3.05, 3.63) is 59.9 Å². The summed E-state index contributed by atoms with van der Waals surface area (Å²) in [4.78, 5) is 13.8. The molecule has 2 rings (SSSR count). The summed E-state index contributed by atoms with van der Waals surface area (Å²) in [6, 6.07) is 13.2. The summed E-state index contributed by atoms with van der Waals surface area (Å²) >= 11 is 0. The van der Waals surface area contributed by atoms with Crippen LogP contribution in [0.4, 0.5) is 4.39 Å². The molecular formula is C17H18FNO3. The fourth-order valence-corrected chi connectivity index (χ4v) is 1.97. The zero-order chi connectivity index (χ0) is 15.9. The zero-order valence-corrected chi connectivity index (χ0v) is 12.6. The van der Waals surface area contributed by atoms with Gasteiger partial charge in [-0.1, -0.05) is 18.2 Å². The first-order valence-electron chi connectivity index (χ1n) is 6.88. The van der Waals surface area contributed by atoms with E-state index in [-0.39, 0.29) is 11.5 Å². The Balaban J connectivity index is 1.96. The van der Waals surface area contributed by atoms with Crippen molar-refractivity contribution >= 4 is 5.91 Å². The third-order valence-corrected chi connectivity index (χ3v) is 3.18. The predicted octanol–water partition coefficient (Wildman–Crippen LogP) is 2.99. The van der Waals surface area contributed by atoms with Crippen LogP contribution >= 0.6 is 0 Å². The van der Waals surface area contributed by atoms with Crippen LogP contribution in [0.2, 0.25) is 0 Å². The van der Waals surface area contributed by atoms with Crippen LogP contribution in [0.3, 0.4) is 0 Å². The van der Waals surface area contributed by atoms with Crippen molar-refractivity contribution in [1.82, 2.24) is 4.90 Å². The second-order valence-corrected chi connectivity index (χ2v) is 4.73. The molecule has 2 aromatic carbocycles. The Morgan fingerprint density at radius 3 is 2.59 bits per heavy atom. The number of benzene rings is 2. The minimum atomic E-state index is -0.474. The molecule has 0 radical (unpaired) electrons. The Hall–Kier alpha value is -2.56. The number of nitrogens with zero attached hydrogens (tertiary/aromatic N) is 1. The molecule has 1 amide bonds. The average molecular weight is 303 g/mol. The monoisotopic (exact) mass is 303 g/mol. The molecule has 0 N–H and O–H groups in total. The number of hydrogen-bond acceptors (Lipinski definition) is 3. The molecule has 0 bridgehead atoms. The molecule has 0 aromatic heterocycles. The highest BCUT2D eigenvalue weighted by molar-refractivity contribution is 5.96. The maximum atomic E-state index is 13.3. The molecule has 0 unspecified atom stereocenters. The molecule has 0 atom stereocenters. The van der Waals surface area contributed by atoms with Gasteiger partial charge in [-0.05, 0) is 30.3 Å². The van der Waals surface area contributed by atoms with Crippen molar-refractivity contribution in [2.45, 2.75) is 0 Å². The van der Waals surface area contributed by atoms with Crippen molar-refractivity contribution in [3.8, 4) is 11.5 Å². The fourth-order valence-electron chi connectivity index (χ4n) is 1.97. The van der Waals surface area contributed by atoms with E-state index in [0.29, 0.717) is 18.9 Å². The second-order valence-electron chi connectivity index (χ2n) is 4.73. The number of amides is 1. The van der Waals surface area contributed by atoms with E-state index < -0.39 is 5.82 Å². The van der Waals surface area contributed by atoms with Gasteiger partial charge < -0.3 is 14.4 Å². The van der Waals surface area contributed by atoms with Crippen molar-refractivity contribution in [2.75, 3.05) is 27.3 Å². The van der Waals surface area contributed by atoms with Gasteiger partial charge in [0.05, 0.1) is 19.2 Å². The first-order valence-corrected chi connectivity index (χ1v) is 6.88. The maximum Gasteiger partial charge on any atom is 0.257 e. The number of carbonyl (C=O) groups is 1. The lowest BCUT2D eigenvalue weighted by atomic mass is 10.1. The predicted molar refractivity (Wildman–Crippen MR) is 81.8 cm³/mol. The number of hydrogen-bond donors (Lipinski definition) is 0. The Morgan fingerprint density at radius 1 is 1.18 bits per heavy atom. The molecule has 0 fully saturated rings. The van der Waals surface area contributed by atoms with Crippen molar-refractivity contribution in [2.24, 2.45) is 0 Å². The number of rotatable bonds is 6. The fraction of sp³-hybridized carbons (Fsp3) is 0.235. The van der Waals surface area contributed by atoms with E-state index in [1.165, 1.54) is 30.2 Å². The van der Waals surface area contributed by atoms with Crippen LogP contribution in [-0.4, -0.2) is 38.1 Å². The Bertz CT molecular complexity index is 631. The molecule has 116 valence electrons. The lowest BCUT2D eigenvalue weighted by Gasteiger charge is -2.19. The molecule has 5 heteroatoms. The Kier molecular flexibility index (Phi) is 5.36. The quantitative estimate of drug-likeness (QED) is 0.823. The molecule has 0 aliphatic heterocycles. The molecule has 4 nitrogen and oxygen atoms in total. The number of para-hydroxylation sites is 1. The van der Waals surface area contributed by atoms with Gasteiger partial charge in [-0.2, -0.15) is 0 Å². The van der Waals surface area contributed by atoms with Gasteiger partial charge in [0.15, 0.2) is 0 Å². The number of carbonyl (C=O) groups excluding carboxylic acids is 1. The number of halogens is 1. The normalized spacial score (nSPS) is 10.1. The van der Waals surface area contributed by atoms with Crippen LogP contribution in [0.15, 0.2) is 48.5 Å². The van der Waals surface area contributed by atoms with Gasteiger partial charge >= 0.3 is 0 Å². The second kappa shape index (κ2) is 7.45. The summed E-state index contributed by atoms with van der Waals surface area (Å²) in [6.07, 6.45) is 0. The Labute approximate surface area is 129 Å². The number of methoxy groups -OCH3 is 1. The lowest BCUT2D eigenvalue weighted by Crippen LogP contribution is -2.31. The molecule has 0 heterocycles. The highest BCUT2D eigenvalue weighted by Gasteiger charge is 2.17. The maximum absolute atomic E-state index is 13.3. The summed E-state index contributed by atoms with van der Waals surface area (Å²) in [5, 5.41) is 0. The van der Waals surface area contributed by atoms with Crippen LogP contribution < -0.4 is 9.47 Å². The number of ether oxygens (including phenoxy) is 2. The van der Waals surface area contributed by atoms with E-state index in [1.807, 2.05) is 30.3 Å². The minimum absolute atomic E-state index is 0.199. The van der Waals surface area contributed by atoms with Crippen molar-refractivity contribution < 1.29 is 18.7 Å². The summed E-state index contributed by atoms with van der Waals surface area (Å²) in [5.74, 6) is 0.306. The minimum Gasteiger partial charge on any atom is -0.496 e. The summed E-state index contributed by atoms with van der Waals surface area (Å²) in [5.41, 5.74) is 0.199. The average Bonchev–Trinajstić information content (AvgIpc) is 2.55. The van der Waals surface area contributed by atoms with Crippen LogP contribution in [0.25, 0.3) is 0 Å². The third kappa shape index (κ3) is 3.97. The summed E-state index contributed by atoms with van der Waals surface area (Å²) in [7, 11) is 3.09. The van der Waals surface area contributed by atoms with Crippen LogP contribution in [-0.2, 0) is 0 Å². The van der Waals surface area contributed by atoms with E-state index in [9.17, 15) is 9.18 Å². The standard InChI is InChI=1S/C17H18FNO3/c1-19(10-11-22-14-6-4-3-5-7-14)17(20)15-12-13(18)8-9-16(15)21-2/h3-9,12H,10-11H2,1-2H3. The first kappa shape index (κ1) is 15.8. The van der Waals surface area contributed by atoms with Crippen LogP contribution in [0.5, 0.6) is 11.5 Å². The molecule has 0 aliphatic rings. The number of likely N-dealkylation sites (N-methyl/N-ethyl adjacent to an activating group) is 1. The molecular weight excluding hydrogens is 285 g/mol. The first-order chi connectivity index (χ1) is 10.6. The third-order valence-electron chi connectivity index (χ3n) is 3.18. The van der Waals surface area contributed by atoms with Gasteiger partial charge in [0.2, 0.25) is 0 Å². The van der Waals surface area contributed by atoms with Crippen LogP contribution in [0, 0.1) is 5.82 Å². The van der Waals surface area contributed by atoms with Crippen molar-refractivity contribution in [3.63, 3.8) is 0 Å². The van der Waals surface area contributed by atoms with Gasteiger partial charge in [-0.25, -0.2) is 4.39 Å². The van der Waals surface area contributed by atoms with E-state index in [4.69, 9.17) is 9.47 Å². The largest absolute Gasteiger partial charge is 0.496 e. The smallest absolute Gasteiger partial charge is 0.257 e. The van der Waals surface area contributed by atoms with Gasteiger partial charge in [0.25, 0.3) is 5.91 Å². The van der Waals surface area contributed by atoms with E-state index >= 15 is 0 Å². The van der Waals surface area contributed by atoms with E-state index in [0.717, 1.165) is 5.75 Å². The molecule has 22 heavy (non-hydrogen) atoms. The molecule has 2 aromatic rings. The lowest BCUT2D eigenvalue weighted by molar-refractivity contribution is 0.0770. The highest BCUT2D eigenvalue weighted by Crippen LogP contribution is 2.20. The topological polar surface area (TPSA) is 38.8 Å². The molecule has 0 aliphatic carbocycles. The summed E-state index contributed by atoms with van der Waals surface area (Å²) in [6.45, 7) is 0.733. The Morgan fingerprint density at radius 2 is 1.91 bits per heavy atom. The highest BCUT2D eigenvalue weighted by atomic mass is 19.1. The van der Waals surface area contributed by atoms with Gasteiger partial charge in [0, 0.05) is 7.05 Å². The molecule has 0 saturated heterocycles. The van der Waals surface area contributed by atoms with Gasteiger partial charge in [-0.3, -0.25) is 4.79 Å². The molecule has 0 saturated carbocycles. The van der Waals surface area contributed by atoms with E-state index in [1.54, 1.807) is 7.05 Å². The van der Waals surface area contributed by atoms with E-state index in [2.05, 4.69) is 0 Å². The SMILES string of the molecule is COc1ccc(F)cc1C(=O)N(C)CCOc1ccccc1. The van der Waals surface area contributed by atoms with Crippen LogP contribution in [0.1, 0.15) is 10.4 Å². The van der Waals surface area contributed by atoms with Crippen molar-refractivity contribution in [1.29, 1.82) is 0 Å². The molecule has 0 spiro atoms. The zero-order valence-electron chi connectivity index (χ0n) is 12.6. The van der Waals surface area contributed by atoms with Gasteiger partial charge in [-0.15, -0.1) is 0 Å². The summed E-state index contributed by atoms with van der Waals surface area (Å²) < 4.78 is 24.0.